The average Bonchev–Trinajstić information content (AvgIpc) is 3.53. The van der Waals surface area contributed by atoms with Crippen molar-refractivity contribution in [2.45, 2.75) is 26.0 Å². The highest BCUT2D eigenvalue weighted by atomic mass is 35.5. The van der Waals surface area contributed by atoms with E-state index >= 15 is 0 Å². The lowest BCUT2D eigenvalue weighted by atomic mass is 9.95. The van der Waals surface area contributed by atoms with E-state index in [1.807, 2.05) is 41.3 Å². The number of benzene rings is 3. The first-order chi connectivity index (χ1) is 19.6. The number of amides is 1. The molecule has 40 heavy (non-hydrogen) atoms. The zero-order chi connectivity index (χ0) is 27.5. The quantitative estimate of drug-likeness (QED) is 0.278. The molecule has 1 atom stereocenters. The first kappa shape index (κ1) is 26.6. The number of carbonyl (C=O) groups is 1. The minimum absolute atomic E-state index is 0.00751. The van der Waals surface area contributed by atoms with Gasteiger partial charge in [0.15, 0.2) is 0 Å². The number of ether oxygens (including phenoxy) is 2. The molecule has 4 aromatic rings. The molecule has 1 aromatic heterocycles. The Labute approximate surface area is 239 Å². The zero-order valence-electron chi connectivity index (χ0n) is 22.6. The van der Waals surface area contributed by atoms with Gasteiger partial charge in [0.2, 0.25) is 0 Å². The molecular weight excluding hydrogens is 524 g/mol. The number of hydrogen-bond donors (Lipinski definition) is 1. The first-order valence-corrected chi connectivity index (χ1v) is 14.2. The highest BCUT2D eigenvalue weighted by Gasteiger charge is 2.42. The summed E-state index contributed by atoms with van der Waals surface area (Å²) in [6, 6.07) is 23.8. The molecular formula is C32H33ClN4O3. The Morgan fingerprint density at radius 2 is 1.75 bits per heavy atom. The number of nitrogens with zero attached hydrogens (tertiary/aromatic N) is 3. The Bertz CT molecular complexity index is 1460. The molecule has 8 heteroatoms. The second-order valence-corrected chi connectivity index (χ2v) is 10.8. The second kappa shape index (κ2) is 11.8. The van der Waals surface area contributed by atoms with Crippen molar-refractivity contribution >= 4 is 17.5 Å². The Morgan fingerprint density at radius 3 is 2.50 bits per heavy atom. The number of aromatic amines is 1. The predicted octanol–water partition coefficient (Wildman–Crippen LogP) is 5.89. The maximum absolute atomic E-state index is 13.7. The van der Waals surface area contributed by atoms with Crippen LogP contribution in [0.2, 0.25) is 5.02 Å². The molecule has 1 N–H and O–H groups in total. The van der Waals surface area contributed by atoms with Crippen molar-refractivity contribution in [3.05, 3.63) is 106 Å². The largest absolute Gasteiger partial charge is 0.489 e. The van der Waals surface area contributed by atoms with E-state index in [1.165, 1.54) is 5.56 Å². The number of H-pyrrole nitrogens is 1. The molecule has 7 nitrogen and oxygen atoms in total. The Morgan fingerprint density at radius 1 is 1.00 bits per heavy atom. The molecule has 3 heterocycles. The van der Waals surface area contributed by atoms with Crippen molar-refractivity contribution in [2.24, 2.45) is 0 Å². The highest BCUT2D eigenvalue weighted by molar-refractivity contribution is 6.31. The third-order valence-electron chi connectivity index (χ3n) is 7.71. The van der Waals surface area contributed by atoms with Gasteiger partial charge in [0, 0.05) is 47.9 Å². The Hall–Kier alpha value is -3.65. The summed E-state index contributed by atoms with van der Waals surface area (Å²) in [5, 5.41) is 8.36. The minimum atomic E-state index is -0.236. The second-order valence-electron chi connectivity index (χ2n) is 10.4. The number of aryl methyl sites for hydroxylation is 1. The van der Waals surface area contributed by atoms with Crippen LogP contribution in [-0.4, -0.2) is 65.3 Å². The third kappa shape index (κ3) is 5.50. The van der Waals surface area contributed by atoms with Crippen molar-refractivity contribution in [1.29, 1.82) is 0 Å². The summed E-state index contributed by atoms with van der Waals surface area (Å²) < 4.78 is 11.5. The van der Waals surface area contributed by atoms with Gasteiger partial charge in [-0.1, -0.05) is 71.8 Å². The van der Waals surface area contributed by atoms with Crippen LogP contribution in [0.4, 0.5) is 0 Å². The highest BCUT2D eigenvalue weighted by Crippen LogP contribution is 2.43. The number of halogens is 1. The fourth-order valence-corrected chi connectivity index (χ4v) is 5.71. The predicted molar refractivity (Wildman–Crippen MR) is 156 cm³/mol. The van der Waals surface area contributed by atoms with Crippen LogP contribution in [0.1, 0.15) is 45.2 Å². The topological polar surface area (TPSA) is 70.7 Å². The molecule has 1 saturated heterocycles. The molecule has 1 unspecified atom stereocenters. The normalized spacial score (nSPS) is 17.3. The summed E-state index contributed by atoms with van der Waals surface area (Å²) in [5.74, 6) is 0.741. The summed E-state index contributed by atoms with van der Waals surface area (Å²) in [4.78, 5) is 18.1. The lowest BCUT2D eigenvalue weighted by molar-refractivity contribution is 0.0354. The van der Waals surface area contributed by atoms with Gasteiger partial charge in [-0.25, -0.2) is 0 Å². The number of hydrogen-bond acceptors (Lipinski definition) is 5. The molecule has 2 aliphatic rings. The first-order valence-electron chi connectivity index (χ1n) is 13.8. The molecule has 1 amide bonds. The molecule has 0 bridgehead atoms. The monoisotopic (exact) mass is 556 g/mol. The number of morpholine rings is 1. The van der Waals surface area contributed by atoms with Crippen LogP contribution in [0.3, 0.4) is 0 Å². The molecule has 2 aliphatic heterocycles. The van der Waals surface area contributed by atoms with Gasteiger partial charge >= 0.3 is 0 Å². The Balaban J connectivity index is 1.27. The number of rotatable bonds is 9. The fourth-order valence-electron chi connectivity index (χ4n) is 5.52. The SMILES string of the molecule is Cc1ccc(-c2n[nH]c3c2C(c2ccc(OCc4ccccc4Cl)cc2)N(CCCN2CCOCC2)C3=O)cc1. The maximum atomic E-state index is 13.7. The standard InChI is InChI=1S/C32H33ClN4O3/c1-22-7-9-23(10-8-22)29-28-30(35-34-29)32(38)37(16-4-15-36-17-19-39-20-18-36)31(28)24-11-13-26(14-12-24)40-21-25-5-2-3-6-27(25)33/h2-3,5-14,31H,4,15-21H2,1H3,(H,34,35). The van der Waals surface area contributed by atoms with Crippen LogP contribution in [0.15, 0.2) is 72.8 Å². The smallest absolute Gasteiger partial charge is 0.273 e. The van der Waals surface area contributed by atoms with E-state index in [4.69, 9.17) is 21.1 Å². The lowest BCUT2D eigenvalue weighted by Gasteiger charge is -2.29. The van der Waals surface area contributed by atoms with E-state index in [0.29, 0.717) is 23.9 Å². The van der Waals surface area contributed by atoms with Gasteiger partial charge < -0.3 is 14.4 Å². The summed E-state index contributed by atoms with van der Waals surface area (Å²) in [6.07, 6.45) is 0.888. The summed E-state index contributed by atoms with van der Waals surface area (Å²) >= 11 is 6.30. The van der Waals surface area contributed by atoms with E-state index in [9.17, 15) is 4.79 Å². The van der Waals surface area contributed by atoms with Crippen molar-refractivity contribution in [3.63, 3.8) is 0 Å². The van der Waals surface area contributed by atoms with E-state index in [0.717, 1.165) is 73.0 Å². The van der Waals surface area contributed by atoms with Crippen molar-refractivity contribution in [1.82, 2.24) is 20.0 Å². The molecule has 0 radical (unpaired) electrons. The molecule has 6 rings (SSSR count). The molecule has 0 spiro atoms. The molecule has 0 saturated carbocycles. The third-order valence-corrected chi connectivity index (χ3v) is 8.08. The zero-order valence-corrected chi connectivity index (χ0v) is 23.4. The van der Waals surface area contributed by atoms with Gasteiger partial charge in [0.1, 0.15) is 18.1 Å². The number of aromatic nitrogens is 2. The average molecular weight is 557 g/mol. The summed E-state index contributed by atoms with van der Waals surface area (Å²) in [6.45, 7) is 7.46. The van der Waals surface area contributed by atoms with Gasteiger partial charge in [-0.2, -0.15) is 5.10 Å². The summed E-state index contributed by atoms with van der Waals surface area (Å²) in [7, 11) is 0. The van der Waals surface area contributed by atoms with Crippen LogP contribution in [0, 0.1) is 6.92 Å². The van der Waals surface area contributed by atoms with Gasteiger partial charge in [-0.3, -0.25) is 14.8 Å². The van der Waals surface area contributed by atoms with Crippen LogP contribution >= 0.6 is 11.6 Å². The van der Waals surface area contributed by atoms with Crippen LogP contribution in [-0.2, 0) is 11.3 Å². The Kier molecular flexibility index (Phi) is 7.86. The van der Waals surface area contributed by atoms with Gasteiger partial charge in [0.05, 0.1) is 24.9 Å². The van der Waals surface area contributed by atoms with Gasteiger partial charge in [0.25, 0.3) is 5.91 Å². The molecule has 206 valence electrons. The van der Waals surface area contributed by atoms with Crippen LogP contribution in [0.25, 0.3) is 11.3 Å². The van der Waals surface area contributed by atoms with Gasteiger partial charge in [-0.05, 0) is 37.1 Å². The van der Waals surface area contributed by atoms with Crippen molar-refractivity contribution in [3.8, 4) is 17.0 Å². The van der Waals surface area contributed by atoms with E-state index in [-0.39, 0.29) is 11.9 Å². The lowest BCUT2D eigenvalue weighted by Crippen LogP contribution is -2.38. The molecule has 1 fully saturated rings. The van der Waals surface area contributed by atoms with Crippen LogP contribution < -0.4 is 4.74 Å². The minimum Gasteiger partial charge on any atom is -0.489 e. The van der Waals surface area contributed by atoms with Crippen molar-refractivity contribution in [2.75, 3.05) is 39.4 Å². The van der Waals surface area contributed by atoms with E-state index in [2.05, 4.69) is 58.4 Å². The maximum Gasteiger partial charge on any atom is 0.273 e. The molecule has 0 aliphatic carbocycles. The van der Waals surface area contributed by atoms with Gasteiger partial charge in [-0.15, -0.1) is 0 Å². The molecule has 3 aromatic carbocycles. The van der Waals surface area contributed by atoms with E-state index in [1.54, 1.807) is 0 Å². The number of fused-ring (bicyclic) bond motifs is 1. The van der Waals surface area contributed by atoms with Crippen molar-refractivity contribution < 1.29 is 14.3 Å². The number of nitrogens with one attached hydrogen (secondary N) is 1. The van der Waals surface area contributed by atoms with E-state index < -0.39 is 0 Å². The van der Waals surface area contributed by atoms with Crippen LogP contribution in [0.5, 0.6) is 5.75 Å². The summed E-state index contributed by atoms with van der Waals surface area (Å²) in [5.41, 5.74) is 6.47. The fraction of sp³-hybridized carbons (Fsp3) is 0.312. The number of carbonyl (C=O) groups excluding carboxylic acids is 1.